The van der Waals surface area contributed by atoms with E-state index in [-0.39, 0.29) is 35.3 Å². The molecule has 1 saturated heterocycles. The maximum Gasteiger partial charge on any atom is 0.352 e. The number of aromatic nitrogens is 5. The lowest BCUT2D eigenvalue weighted by Gasteiger charge is -2.49. The molecule has 4 rings (SSSR count). The number of pyridine rings is 1. The predicted molar refractivity (Wildman–Crippen MR) is 131 cm³/mol. The van der Waals surface area contributed by atoms with Crippen LogP contribution in [0.25, 0.3) is 0 Å². The van der Waals surface area contributed by atoms with Gasteiger partial charge in [-0.2, -0.15) is 0 Å². The molecule has 0 aliphatic carbocycles. The van der Waals surface area contributed by atoms with Crippen LogP contribution in [0.2, 0.25) is 0 Å². The molecule has 15 nitrogen and oxygen atoms in total. The van der Waals surface area contributed by atoms with E-state index in [2.05, 4.69) is 36.3 Å². The van der Waals surface area contributed by atoms with Crippen LogP contribution < -0.4 is 10.6 Å². The predicted octanol–water partition coefficient (Wildman–Crippen LogP) is -0.555. The third-order valence-corrected chi connectivity index (χ3v) is 7.63. The Morgan fingerprint density at radius 1 is 1.41 bits per heavy atom. The number of rotatable bonds is 11. The zero-order valence-corrected chi connectivity index (χ0v) is 21.2. The summed E-state index contributed by atoms with van der Waals surface area (Å²) in [6.45, 7) is 1.86. The number of carbonyl (C=O) groups excluding carboxylic acids is 3. The molecule has 3 amide bonds. The summed E-state index contributed by atoms with van der Waals surface area (Å²) < 4.78 is 1.46. The lowest BCUT2D eigenvalue weighted by atomic mass is 10.0. The highest BCUT2D eigenvalue weighted by molar-refractivity contribution is 8.01. The van der Waals surface area contributed by atoms with Crippen LogP contribution in [0.3, 0.4) is 0 Å². The van der Waals surface area contributed by atoms with Gasteiger partial charge in [-0.05, 0) is 35.1 Å². The van der Waals surface area contributed by atoms with Crippen LogP contribution in [0.5, 0.6) is 0 Å². The number of β-lactam (4-membered cyclic amide) rings is 1. The number of thioether (sulfide) groups is 2. The molecule has 2 aliphatic heterocycles. The molecule has 4 heterocycles. The number of hydrogen-bond acceptors (Lipinski definition) is 12. The number of tetrazole rings is 1. The largest absolute Gasteiger partial charge is 0.477 e. The van der Waals surface area contributed by atoms with Crippen molar-refractivity contribution < 1.29 is 29.1 Å². The Kier molecular flexibility index (Phi) is 8.02. The van der Waals surface area contributed by atoms with Crippen molar-refractivity contribution in [2.24, 2.45) is 12.2 Å². The molecule has 0 bridgehead atoms. The summed E-state index contributed by atoms with van der Waals surface area (Å²) in [5, 5.41) is 29.8. The van der Waals surface area contributed by atoms with Gasteiger partial charge in [0.2, 0.25) is 11.6 Å². The van der Waals surface area contributed by atoms with Crippen molar-refractivity contribution in [3.63, 3.8) is 0 Å². The maximum atomic E-state index is 13.1. The molecule has 2 aromatic rings. The second-order valence-electron chi connectivity index (χ2n) is 7.52. The van der Waals surface area contributed by atoms with Crippen LogP contribution in [0.4, 0.5) is 5.82 Å². The fraction of sp³-hybridized carbons (Fsp3) is 0.350. The van der Waals surface area contributed by atoms with E-state index < -0.39 is 29.2 Å². The minimum atomic E-state index is -1.24. The Labute approximate surface area is 218 Å². The molecule has 0 radical (unpaired) electrons. The smallest absolute Gasteiger partial charge is 0.352 e. The SMILES string of the molecule is CCON=C(C(=O)NC1C(=O)N2C(C(=O)O)=C(CSc3nnnn3C)CS[C@@H]12)c1cccc(NC=O)n1. The average molecular weight is 548 g/mol. The van der Waals surface area contributed by atoms with Crippen molar-refractivity contribution >= 4 is 59.2 Å². The van der Waals surface area contributed by atoms with Crippen LogP contribution in [0.1, 0.15) is 12.6 Å². The van der Waals surface area contributed by atoms with Gasteiger partial charge in [-0.15, -0.1) is 16.9 Å². The summed E-state index contributed by atoms with van der Waals surface area (Å²) >= 11 is 2.59. The number of carboxylic acids is 1. The number of fused-ring (bicyclic) bond motifs is 1. The standard InChI is InChI=1S/C20H21N9O6S2/c1-3-35-25-13(11-5-4-6-12(22-11)21-9-30)16(31)23-14-17(32)29-15(19(33)34)10(7-36-18(14)29)8-37-20-24-26-27-28(20)2/h4-6,9,14,18H,3,7-8H2,1-2H3,(H,23,31)(H,33,34)(H,21,22,30)/t14?,18-/m0/s1. The first-order chi connectivity index (χ1) is 17.8. The lowest BCUT2D eigenvalue weighted by Crippen LogP contribution is -2.71. The zero-order valence-electron chi connectivity index (χ0n) is 19.5. The summed E-state index contributed by atoms with van der Waals surface area (Å²) in [6.07, 6.45) is 0.442. The quantitative estimate of drug-likeness (QED) is 0.107. The first-order valence-corrected chi connectivity index (χ1v) is 12.8. The number of oxime groups is 1. The molecule has 0 saturated carbocycles. The number of carboxylic acid groups (broad SMARTS) is 1. The van der Waals surface area contributed by atoms with Gasteiger partial charge in [-0.3, -0.25) is 19.3 Å². The second kappa shape index (κ2) is 11.4. The highest BCUT2D eigenvalue weighted by Gasteiger charge is 2.54. The first-order valence-electron chi connectivity index (χ1n) is 10.8. The molecule has 2 aromatic heterocycles. The van der Waals surface area contributed by atoms with Crippen molar-refractivity contribution in [2.45, 2.75) is 23.5 Å². The van der Waals surface area contributed by atoms with Crippen LogP contribution in [0, 0.1) is 0 Å². The minimum absolute atomic E-state index is 0.112. The molecule has 2 atom stereocenters. The zero-order chi connectivity index (χ0) is 26.5. The minimum Gasteiger partial charge on any atom is -0.477 e. The van der Waals surface area contributed by atoms with E-state index in [1.165, 1.54) is 45.2 Å². The summed E-state index contributed by atoms with van der Waals surface area (Å²) in [5.41, 5.74) is 0.342. The van der Waals surface area contributed by atoms with E-state index in [1.807, 2.05) is 0 Å². The van der Waals surface area contributed by atoms with Crippen molar-refractivity contribution in [2.75, 3.05) is 23.4 Å². The van der Waals surface area contributed by atoms with E-state index >= 15 is 0 Å². The average Bonchev–Trinajstić information content (AvgIpc) is 3.30. The molecular weight excluding hydrogens is 526 g/mol. The number of anilines is 1. The van der Waals surface area contributed by atoms with Gasteiger partial charge in [0.05, 0.1) is 0 Å². The molecule has 3 N–H and O–H groups in total. The molecule has 1 fully saturated rings. The fourth-order valence-corrected chi connectivity index (χ4v) is 5.88. The Balaban J connectivity index is 1.51. The summed E-state index contributed by atoms with van der Waals surface area (Å²) in [6, 6.07) is 3.61. The number of nitrogens with zero attached hydrogens (tertiary/aromatic N) is 7. The molecular formula is C20H21N9O6S2. The third kappa shape index (κ3) is 5.41. The van der Waals surface area contributed by atoms with Gasteiger partial charge in [-0.25, -0.2) is 14.5 Å². The third-order valence-electron chi connectivity index (χ3n) is 5.19. The van der Waals surface area contributed by atoms with Gasteiger partial charge in [-0.1, -0.05) is 23.0 Å². The molecule has 1 unspecified atom stereocenters. The number of carbonyl (C=O) groups is 4. The van der Waals surface area contributed by atoms with Crippen molar-refractivity contribution in [1.82, 2.24) is 35.4 Å². The van der Waals surface area contributed by atoms with Crippen LogP contribution in [0.15, 0.2) is 39.8 Å². The fourth-order valence-electron chi connectivity index (χ4n) is 3.54. The van der Waals surface area contributed by atoms with E-state index in [1.54, 1.807) is 20.0 Å². The number of nitrogens with one attached hydrogen (secondary N) is 2. The Morgan fingerprint density at radius 3 is 2.89 bits per heavy atom. The second-order valence-corrected chi connectivity index (χ2v) is 9.57. The molecule has 37 heavy (non-hydrogen) atoms. The Hall–Kier alpha value is -3.99. The van der Waals surface area contributed by atoms with Crippen molar-refractivity contribution in [3.05, 3.63) is 35.2 Å². The molecule has 0 aromatic carbocycles. The summed E-state index contributed by atoms with van der Waals surface area (Å²) in [4.78, 5) is 59.3. The van der Waals surface area contributed by atoms with Gasteiger partial charge in [0, 0.05) is 18.6 Å². The highest BCUT2D eigenvalue weighted by atomic mass is 32.2. The van der Waals surface area contributed by atoms with Crippen molar-refractivity contribution in [1.29, 1.82) is 0 Å². The number of amides is 3. The number of aliphatic carboxylic acids is 1. The monoisotopic (exact) mass is 547 g/mol. The van der Waals surface area contributed by atoms with Gasteiger partial charge < -0.3 is 20.6 Å². The molecule has 0 spiro atoms. The van der Waals surface area contributed by atoms with E-state index in [9.17, 15) is 24.3 Å². The van der Waals surface area contributed by atoms with E-state index in [0.717, 1.165) is 0 Å². The van der Waals surface area contributed by atoms with Gasteiger partial charge in [0.25, 0.3) is 11.8 Å². The van der Waals surface area contributed by atoms with E-state index in [4.69, 9.17) is 4.84 Å². The van der Waals surface area contributed by atoms with Gasteiger partial charge in [0.15, 0.2) is 5.71 Å². The Morgan fingerprint density at radius 2 is 2.22 bits per heavy atom. The van der Waals surface area contributed by atoms with Crippen LogP contribution in [-0.2, 0) is 31.1 Å². The molecule has 2 aliphatic rings. The van der Waals surface area contributed by atoms with Crippen LogP contribution in [-0.4, -0.2) is 94.6 Å². The first kappa shape index (κ1) is 26.1. The lowest BCUT2D eigenvalue weighted by molar-refractivity contribution is -0.150. The maximum absolute atomic E-state index is 13.1. The molecule has 17 heteroatoms. The van der Waals surface area contributed by atoms with Crippen LogP contribution >= 0.6 is 23.5 Å². The van der Waals surface area contributed by atoms with Gasteiger partial charge in [0.1, 0.15) is 35.2 Å². The molecule has 194 valence electrons. The summed E-state index contributed by atoms with van der Waals surface area (Å²) in [5.74, 6) is -1.74. The number of hydrogen-bond donors (Lipinski definition) is 3. The van der Waals surface area contributed by atoms with Gasteiger partial charge >= 0.3 is 5.97 Å². The normalized spacial score (nSPS) is 19.1. The highest BCUT2D eigenvalue weighted by Crippen LogP contribution is 2.41. The summed E-state index contributed by atoms with van der Waals surface area (Å²) in [7, 11) is 1.67. The van der Waals surface area contributed by atoms with E-state index in [0.29, 0.717) is 22.9 Å². The number of aryl methyl sites for hydroxylation is 1. The Bertz CT molecular complexity index is 1300. The van der Waals surface area contributed by atoms with Crippen molar-refractivity contribution in [3.8, 4) is 0 Å². The topological polar surface area (TPSA) is 194 Å².